The molecule has 2 N–H and O–H groups in total. The number of aliphatic carboxylic acids is 1. The van der Waals surface area contributed by atoms with E-state index in [1.165, 1.54) is 6.26 Å². The lowest BCUT2D eigenvalue weighted by Gasteiger charge is -2.10. The fourth-order valence-electron chi connectivity index (χ4n) is 1.45. The minimum absolute atomic E-state index is 0.127. The van der Waals surface area contributed by atoms with Crippen LogP contribution in [-0.4, -0.2) is 23.5 Å². The van der Waals surface area contributed by atoms with E-state index in [0.717, 1.165) is 0 Å². The largest absolute Gasteiger partial charge is 0.481 e. The lowest BCUT2D eigenvalue weighted by molar-refractivity contribution is -0.137. The number of carbonyl (C=O) groups is 2. The first-order chi connectivity index (χ1) is 8.00. The van der Waals surface area contributed by atoms with Crippen LogP contribution in [0.25, 0.3) is 0 Å². The maximum atomic E-state index is 11.7. The van der Waals surface area contributed by atoms with Gasteiger partial charge < -0.3 is 14.8 Å². The fraction of sp³-hybridized carbons (Fsp3) is 0.500. The molecular weight excluding hydrogens is 222 g/mol. The van der Waals surface area contributed by atoms with E-state index in [4.69, 9.17) is 9.52 Å². The maximum absolute atomic E-state index is 11.7. The molecule has 1 heterocycles. The number of nitrogens with one attached hydrogen (secondary N) is 1. The van der Waals surface area contributed by atoms with E-state index < -0.39 is 5.97 Å². The van der Waals surface area contributed by atoms with Gasteiger partial charge in [0.05, 0.1) is 11.8 Å². The molecule has 1 aromatic rings. The van der Waals surface area contributed by atoms with Gasteiger partial charge in [-0.05, 0) is 25.3 Å². The Balaban J connectivity index is 2.33. The van der Waals surface area contributed by atoms with Crippen LogP contribution in [0.5, 0.6) is 0 Å². The summed E-state index contributed by atoms with van der Waals surface area (Å²) >= 11 is 0. The second-order valence-corrected chi connectivity index (χ2v) is 4.14. The molecule has 0 aliphatic rings. The van der Waals surface area contributed by atoms with E-state index in [1.807, 2.05) is 6.92 Å². The van der Waals surface area contributed by atoms with Gasteiger partial charge in [0, 0.05) is 13.0 Å². The zero-order chi connectivity index (χ0) is 12.8. The molecule has 0 radical (unpaired) electrons. The van der Waals surface area contributed by atoms with Gasteiger partial charge >= 0.3 is 5.97 Å². The number of carboxylic acids is 1. The molecule has 1 aromatic heterocycles. The number of carbonyl (C=O) groups excluding carboxylic acids is 1. The fourth-order valence-corrected chi connectivity index (χ4v) is 1.45. The van der Waals surface area contributed by atoms with Gasteiger partial charge in [0.15, 0.2) is 0 Å². The summed E-state index contributed by atoms with van der Waals surface area (Å²) in [5, 5.41) is 11.3. The van der Waals surface area contributed by atoms with Gasteiger partial charge in [-0.25, -0.2) is 0 Å². The second-order valence-electron chi connectivity index (χ2n) is 4.14. The SMILES string of the molecule is Cc1occc1C(=O)NCC(C)CCC(=O)O. The molecule has 0 aliphatic heterocycles. The lowest BCUT2D eigenvalue weighted by Crippen LogP contribution is -2.28. The third-order valence-electron chi connectivity index (χ3n) is 2.57. The molecule has 1 unspecified atom stereocenters. The molecule has 5 nitrogen and oxygen atoms in total. The van der Waals surface area contributed by atoms with Crippen LogP contribution in [0.3, 0.4) is 0 Å². The number of hydrogen-bond donors (Lipinski definition) is 2. The number of furan rings is 1. The molecular formula is C12H17NO4. The summed E-state index contributed by atoms with van der Waals surface area (Å²) in [4.78, 5) is 22.1. The van der Waals surface area contributed by atoms with E-state index >= 15 is 0 Å². The standard InChI is InChI=1S/C12H17NO4/c1-8(3-4-11(14)15)7-13-12(16)10-5-6-17-9(10)2/h5-6,8H,3-4,7H2,1-2H3,(H,13,16)(H,14,15). The zero-order valence-corrected chi connectivity index (χ0v) is 10.0. The van der Waals surface area contributed by atoms with E-state index in [9.17, 15) is 9.59 Å². The molecule has 1 rings (SSSR count). The number of rotatable bonds is 6. The van der Waals surface area contributed by atoms with Gasteiger partial charge in [-0.2, -0.15) is 0 Å². The summed E-state index contributed by atoms with van der Waals surface area (Å²) in [7, 11) is 0. The van der Waals surface area contributed by atoms with Crippen LogP contribution < -0.4 is 5.32 Å². The summed E-state index contributed by atoms with van der Waals surface area (Å²) in [6.45, 7) is 4.10. The van der Waals surface area contributed by atoms with Gasteiger partial charge in [0.2, 0.25) is 0 Å². The van der Waals surface area contributed by atoms with Crippen molar-refractivity contribution in [1.82, 2.24) is 5.32 Å². The molecule has 0 aliphatic carbocycles. The van der Waals surface area contributed by atoms with E-state index in [2.05, 4.69) is 5.32 Å². The van der Waals surface area contributed by atoms with Crippen LogP contribution in [0.15, 0.2) is 16.7 Å². The van der Waals surface area contributed by atoms with Gasteiger partial charge in [-0.1, -0.05) is 6.92 Å². The first-order valence-electron chi connectivity index (χ1n) is 5.54. The Morgan fingerprint density at radius 1 is 1.53 bits per heavy atom. The average molecular weight is 239 g/mol. The highest BCUT2D eigenvalue weighted by atomic mass is 16.4. The first-order valence-corrected chi connectivity index (χ1v) is 5.54. The Bertz CT molecular complexity index is 397. The molecule has 0 aromatic carbocycles. The molecule has 17 heavy (non-hydrogen) atoms. The third kappa shape index (κ3) is 4.30. The van der Waals surface area contributed by atoms with Crippen LogP contribution in [0.2, 0.25) is 0 Å². The molecule has 0 saturated carbocycles. The predicted octanol–water partition coefficient (Wildman–Crippen LogP) is 1.82. The molecule has 0 saturated heterocycles. The topological polar surface area (TPSA) is 79.5 Å². The number of amides is 1. The van der Waals surface area contributed by atoms with E-state index in [-0.39, 0.29) is 18.2 Å². The van der Waals surface area contributed by atoms with Crippen molar-refractivity contribution in [2.24, 2.45) is 5.92 Å². The Morgan fingerprint density at radius 2 is 2.24 bits per heavy atom. The summed E-state index contributed by atoms with van der Waals surface area (Å²) < 4.78 is 5.03. The third-order valence-corrected chi connectivity index (χ3v) is 2.57. The van der Waals surface area contributed by atoms with Crippen molar-refractivity contribution < 1.29 is 19.1 Å². The molecule has 1 atom stereocenters. The highest BCUT2D eigenvalue weighted by molar-refractivity contribution is 5.95. The monoisotopic (exact) mass is 239 g/mol. The molecule has 0 spiro atoms. The van der Waals surface area contributed by atoms with Crippen LogP contribution in [-0.2, 0) is 4.79 Å². The van der Waals surface area contributed by atoms with Gasteiger partial charge in [-0.3, -0.25) is 9.59 Å². The molecule has 1 amide bonds. The van der Waals surface area contributed by atoms with Crippen molar-refractivity contribution in [1.29, 1.82) is 0 Å². The summed E-state index contributed by atoms with van der Waals surface area (Å²) in [5.74, 6) is -0.268. The number of hydrogen-bond acceptors (Lipinski definition) is 3. The van der Waals surface area contributed by atoms with Crippen LogP contribution in [0.1, 0.15) is 35.9 Å². The van der Waals surface area contributed by atoms with Crippen molar-refractivity contribution in [3.8, 4) is 0 Å². The molecule has 0 fully saturated rings. The minimum atomic E-state index is -0.811. The van der Waals surface area contributed by atoms with Crippen LogP contribution in [0, 0.1) is 12.8 Å². The Labute approximate surface area is 99.8 Å². The Kier molecular flexibility index (Phi) is 4.75. The predicted molar refractivity (Wildman–Crippen MR) is 61.8 cm³/mol. The van der Waals surface area contributed by atoms with E-state index in [1.54, 1.807) is 13.0 Å². The van der Waals surface area contributed by atoms with Crippen molar-refractivity contribution in [2.75, 3.05) is 6.54 Å². The average Bonchev–Trinajstić information content (AvgIpc) is 2.69. The second kappa shape index (κ2) is 6.08. The minimum Gasteiger partial charge on any atom is -0.481 e. The van der Waals surface area contributed by atoms with Crippen LogP contribution >= 0.6 is 0 Å². The van der Waals surface area contributed by atoms with Crippen molar-refractivity contribution >= 4 is 11.9 Å². The van der Waals surface area contributed by atoms with Gasteiger partial charge in [0.1, 0.15) is 5.76 Å². The Morgan fingerprint density at radius 3 is 2.76 bits per heavy atom. The molecule has 5 heteroatoms. The van der Waals surface area contributed by atoms with Gasteiger partial charge in [0.25, 0.3) is 5.91 Å². The van der Waals surface area contributed by atoms with Crippen molar-refractivity contribution in [2.45, 2.75) is 26.7 Å². The first kappa shape index (κ1) is 13.3. The molecule has 0 bridgehead atoms. The van der Waals surface area contributed by atoms with E-state index in [0.29, 0.717) is 24.3 Å². The smallest absolute Gasteiger partial charge is 0.303 e. The summed E-state index contributed by atoms with van der Waals surface area (Å²) in [5.41, 5.74) is 0.524. The van der Waals surface area contributed by atoms with Crippen LogP contribution in [0.4, 0.5) is 0 Å². The summed E-state index contributed by atoms with van der Waals surface area (Å²) in [6.07, 6.45) is 2.15. The molecule has 94 valence electrons. The van der Waals surface area contributed by atoms with Gasteiger partial charge in [-0.15, -0.1) is 0 Å². The maximum Gasteiger partial charge on any atom is 0.303 e. The van der Waals surface area contributed by atoms with Crippen molar-refractivity contribution in [3.05, 3.63) is 23.7 Å². The zero-order valence-electron chi connectivity index (χ0n) is 10.0. The highest BCUT2D eigenvalue weighted by Crippen LogP contribution is 2.09. The number of aryl methyl sites for hydroxylation is 1. The van der Waals surface area contributed by atoms with Crippen molar-refractivity contribution in [3.63, 3.8) is 0 Å². The normalized spacial score (nSPS) is 12.1. The highest BCUT2D eigenvalue weighted by Gasteiger charge is 2.12. The lowest BCUT2D eigenvalue weighted by atomic mass is 10.1. The summed E-state index contributed by atoms with van der Waals surface area (Å²) in [6, 6.07) is 1.62. The Hall–Kier alpha value is -1.78. The quantitative estimate of drug-likeness (QED) is 0.793. The number of carboxylic acid groups (broad SMARTS) is 1.